The van der Waals surface area contributed by atoms with Crippen LogP contribution in [0.2, 0.25) is 0 Å². The minimum absolute atomic E-state index is 0.415. The summed E-state index contributed by atoms with van der Waals surface area (Å²) in [7, 11) is 0. The maximum atomic E-state index is 9.56. The molecule has 0 spiro atoms. The van der Waals surface area contributed by atoms with Crippen LogP contribution in [-0.2, 0) is 0 Å². The number of halogens is 1. The molecule has 1 unspecified atom stereocenters. The summed E-state index contributed by atoms with van der Waals surface area (Å²) in [5.41, 5.74) is 0.839. The van der Waals surface area contributed by atoms with E-state index in [1.165, 1.54) is 0 Å². The Bertz CT molecular complexity index is 306. The monoisotopic (exact) mass is 257 g/mol. The molecular formula is C9H8BrNOS. The van der Waals surface area contributed by atoms with Gasteiger partial charge in [0.1, 0.15) is 5.40 Å². The molecule has 0 aliphatic rings. The molecule has 0 saturated carbocycles. The van der Waals surface area contributed by atoms with Crippen molar-refractivity contribution in [3.05, 3.63) is 34.3 Å². The average molecular weight is 258 g/mol. The quantitative estimate of drug-likeness (QED) is 0.848. The van der Waals surface area contributed by atoms with E-state index in [1.807, 2.05) is 29.7 Å². The summed E-state index contributed by atoms with van der Waals surface area (Å²) >= 11 is 4.37. The standard InChI is InChI=1S/C9H8BrNOS/c10-8-3-1-7(2-4-8)9(12)5-13-6-11/h1-4,9,12H,5H2. The Hall–Kier alpha value is -0.500. The topological polar surface area (TPSA) is 44.0 Å². The van der Waals surface area contributed by atoms with Crippen LogP contribution in [0.1, 0.15) is 11.7 Å². The SMILES string of the molecule is N#CSCC(O)c1ccc(Br)cc1. The van der Waals surface area contributed by atoms with E-state index in [9.17, 15) is 5.11 Å². The Morgan fingerprint density at radius 1 is 1.46 bits per heavy atom. The summed E-state index contributed by atoms with van der Waals surface area (Å²) in [6.45, 7) is 0. The molecule has 1 N–H and O–H groups in total. The zero-order valence-corrected chi connectivity index (χ0v) is 9.18. The molecular weight excluding hydrogens is 250 g/mol. The van der Waals surface area contributed by atoms with Crippen LogP contribution in [0, 0.1) is 10.7 Å². The van der Waals surface area contributed by atoms with Gasteiger partial charge in [0.15, 0.2) is 0 Å². The second kappa shape index (κ2) is 5.28. The van der Waals surface area contributed by atoms with Gasteiger partial charge in [-0.3, -0.25) is 0 Å². The van der Waals surface area contributed by atoms with Crippen LogP contribution in [0.15, 0.2) is 28.7 Å². The number of thioether (sulfide) groups is 1. The molecule has 0 radical (unpaired) electrons. The number of aliphatic hydroxyl groups is 1. The van der Waals surface area contributed by atoms with Crippen molar-refractivity contribution in [2.45, 2.75) is 6.10 Å². The van der Waals surface area contributed by atoms with Gasteiger partial charge in [0.2, 0.25) is 0 Å². The van der Waals surface area contributed by atoms with Crippen molar-refractivity contribution in [3.63, 3.8) is 0 Å². The van der Waals surface area contributed by atoms with Crippen molar-refractivity contribution in [2.75, 3.05) is 5.75 Å². The average Bonchev–Trinajstić information content (AvgIpc) is 2.15. The van der Waals surface area contributed by atoms with Gasteiger partial charge in [0.05, 0.1) is 6.10 Å². The first-order valence-corrected chi connectivity index (χ1v) is 5.46. The number of rotatable bonds is 3. The van der Waals surface area contributed by atoms with Gasteiger partial charge in [0, 0.05) is 10.2 Å². The zero-order valence-electron chi connectivity index (χ0n) is 6.77. The van der Waals surface area contributed by atoms with Crippen molar-refractivity contribution in [1.82, 2.24) is 0 Å². The molecule has 0 saturated heterocycles. The molecule has 1 aromatic rings. The molecule has 4 heteroatoms. The number of aliphatic hydroxyl groups excluding tert-OH is 1. The van der Waals surface area contributed by atoms with Gasteiger partial charge in [-0.25, -0.2) is 0 Å². The third-order valence-corrected chi connectivity index (χ3v) is 2.70. The fourth-order valence-electron chi connectivity index (χ4n) is 0.897. The van der Waals surface area contributed by atoms with Crippen LogP contribution in [0.4, 0.5) is 0 Å². The molecule has 1 atom stereocenters. The summed E-state index contributed by atoms with van der Waals surface area (Å²) in [4.78, 5) is 0. The summed E-state index contributed by atoms with van der Waals surface area (Å²) in [5, 5.41) is 19.8. The molecule has 0 aliphatic carbocycles. The molecule has 0 aliphatic heterocycles. The smallest absolute Gasteiger partial charge is 0.133 e. The maximum Gasteiger partial charge on any atom is 0.133 e. The second-order valence-corrected chi connectivity index (χ2v) is 4.19. The Balaban J connectivity index is 2.62. The number of hydrogen-bond donors (Lipinski definition) is 1. The van der Waals surface area contributed by atoms with E-state index >= 15 is 0 Å². The maximum absolute atomic E-state index is 9.56. The van der Waals surface area contributed by atoms with Crippen LogP contribution in [0.3, 0.4) is 0 Å². The lowest BCUT2D eigenvalue weighted by atomic mass is 10.1. The first kappa shape index (κ1) is 10.6. The van der Waals surface area contributed by atoms with Gasteiger partial charge in [-0.1, -0.05) is 28.1 Å². The number of nitriles is 1. The summed E-state index contributed by atoms with van der Waals surface area (Å²) in [6, 6.07) is 7.42. The number of hydrogen-bond acceptors (Lipinski definition) is 3. The first-order valence-electron chi connectivity index (χ1n) is 3.68. The number of thiocyanates is 1. The van der Waals surface area contributed by atoms with E-state index in [0.29, 0.717) is 5.75 Å². The van der Waals surface area contributed by atoms with Crippen molar-refractivity contribution < 1.29 is 5.11 Å². The number of benzene rings is 1. The van der Waals surface area contributed by atoms with Crippen LogP contribution < -0.4 is 0 Å². The van der Waals surface area contributed by atoms with Crippen LogP contribution in [0.25, 0.3) is 0 Å². The largest absolute Gasteiger partial charge is 0.388 e. The third-order valence-electron chi connectivity index (χ3n) is 1.56. The zero-order chi connectivity index (χ0) is 9.68. The Morgan fingerprint density at radius 3 is 2.62 bits per heavy atom. The fraction of sp³-hybridized carbons (Fsp3) is 0.222. The summed E-state index contributed by atoms with van der Waals surface area (Å²) in [6.07, 6.45) is -0.558. The molecule has 0 fully saturated rings. The van der Waals surface area contributed by atoms with Crippen molar-refractivity contribution in [1.29, 1.82) is 5.26 Å². The van der Waals surface area contributed by atoms with Crippen molar-refractivity contribution >= 4 is 27.7 Å². The predicted octanol–water partition coefficient (Wildman–Crippen LogP) is 2.70. The number of nitrogens with zero attached hydrogens (tertiary/aromatic N) is 1. The van der Waals surface area contributed by atoms with E-state index in [-0.39, 0.29) is 0 Å². The fourth-order valence-corrected chi connectivity index (χ4v) is 1.59. The molecule has 13 heavy (non-hydrogen) atoms. The molecule has 0 amide bonds. The van der Waals surface area contributed by atoms with Crippen LogP contribution in [0.5, 0.6) is 0 Å². The highest BCUT2D eigenvalue weighted by molar-refractivity contribution is 9.10. The molecule has 2 nitrogen and oxygen atoms in total. The van der Waals surface area contributed by atoms with E-state index in [2.05, 4.69) is 15.9 Å². The molecule has 1 aromatic carbocycles. The normalized spacial score (nSPS) is 12.1. The van der Waals surface area contributed by atoms with Gasteiger partial charge >= 0.3 is 0 Å². The van der Waals surface area contributed by atoms with Crippen molar-refractivity contribution in [3.8, 4) is 5.40 Å². The third kappa shape index (κ3) is 3.39. The van der Waals surface area contributed by atoms with Crippen LogP contribution in [-0.4, -0.2) is 10.9 Å². The lowest BCUT2D eigenvalue weighted by Gasteiger charge is -2.07. The molecule has 0 heterocycles. The Labute approximate surface area is 89.7 Å². The molecule has 68 valence electrons. The van der Waals surface area contributed by atoms with Crippen molar-refractivity contribution in [2.24, 2.45) is 0 Å². The molecule has 0 aromatic heterocycles. The highest BCUT2D eigenvalue weighted by Crippen LogP contribution is 2.19. The van der Waals surface area contributed by atoms with E-state index in [0.717, 1.165) is 21.8 Å². The highest BCUT2D eigenvalue weighted by Gasteiger charge is 2.06. The Kier molecular flexibility index (Phi) is 4.29. The summed E-state index contributed by atoms with van der Waals surface area (Å²) < 4.78 is 0.983. The minimum atomic E-state index is -0.558. The van der Waals surface area contributed by atoms with E-state index in [4.69, 9.17) is 5.26 Å². The highest BCUT2D eigenvalue weighted by atomic mass is 79.9. The van der Waals surface area contributed by atoms with E-state index in [1.54, 1.807) is 0 Å². The van der Waals surface area contributed by atoms with Crippen LogP contribution >= 0.6 is 27.7 Å². The van der Waals surface area contributed by atoms with Gasteiger partial charge in [-0.15, -0.1) is 0 Å². The lowest BCUT2D eigenvalue weighted by molar-refractivity contribution is 0.204. The van der Waals surface area contributed by atoms with E-state index < -0.39 is 6.10 Å². The predicted molar refractivity (Wildman–Crippen MR) is 57.2 cm³/mol. The first-order chi connectivity index (χ1) is 6.24. The van der Waals surface area contributed by atoms with Gasteiger partial charge in [-0.05, 0) is 29.5 Å². The van der Waals surface area contributed by atoms with Gasteiger partial charge in [-0.2, -0.15) is 5.26 Å². The Morgan fingerprint density at radius 2 is 2.08 bits per heavy atom. The minimum Gasteiger partial charge on any atom is -0.388 e. The lowest BCUT2D eigenvalue weighted by Crippen LogP contribution is -1.99. The van der Waals surface area contributed by atoms with Gasteiger partial charge < -0.3 is 5.11 Å². The van der Waals surface area contributed by atoms with Gasteiger partial charge in [0.25, 0.3) is 0 Å². The molecule has 0 bridgehead atoms. The molecule has 1 rings (SSSR count). The summed E-state index contributed by atoms with van der Waals surface area (Å²) in [5.74, 6) is 0.415. The second-order valence-electron chi connectivity index (χ2n) is 2.47.